The summed E-state index contributed by atoms with van der Waals surface area (Å²) in [6, 6.07) is 7.28. The molecule has 1 aromatic carbocycles. The minimum atomic E-state index is -0.964. The highest BCUT2D eigenvalue weighted by Crippen LogP contribution is 2.20. The molecule has 2 atom stereocenters. The Bertz CT molecular complexity index is 512. The molecular weight excluding hydrogens is 287 g/mol. The molecule has 2 rings (SSSR count). The van der Waals surface area contributed by atoms with E-state index in [4.69, 9.17) is 4.74 Å². The first kappa shape index (κ1) is 16.7. The second kappa shape index (κ2) is 7.56. The fourth-order valence-corrected chi connectivity index (χ4v) is 2.73. The molecule has 5 nitrogen and oxygen atoms in total. The van der Waals surface area contributed by atoms with Crippen LogP contribution in [0.3, 0.4) is 0 Å². The molecule has 0 aliphatic carbocycles. The predicted molar refractivity (Wildman–Crippen MR) is 81.4 cm³/mol. The number of likely N-dealkylation sites (N-methyl/N-ethyl adjacent to an activating group) is 1. The molecule has 22 heavy (non-hydrogen) atoms. The van der Waals surface area contributed by atoms with Crippen LogP contribution in [-0.2, 0) is 11.3 Å². The summed E-state index contributed by atoms with van der Waals surface area (Å²) < 4.78 is 18.6. The van der Waals surface area contributed by atoms with Crippen molar-refractivity contribution in [3.05, 3.63) is 29.8 Å². The topological polar surface area (TPSA) is 53.0 Å². The molecule has 0 bridgehead atoms. The van der Waals surface area contributed by atoms with Crippen LogP contribution in [0, 0.1) is 0 Å². The number of amides is 1. The highest BCUT2D eigenvalue weighted by molar-refractivity contribution is 5.78. The van der Waals surface area contributed by atoms with E-state index in [1.807, 2.05) is 24.3 Å². The molecule has 1 aliphatic rings. The minimum Gasteiger partial charge on any atom is -0.497 e. The van der Waals surface area contributed by atoms with Crippen molar-refractivity contribution in [3.63, 3.8) is 0 Å². The van der Waals surface area contributed by atoms with Crippen LogP contribution in [0.2, 0.25) is 0 Å². The number of hydrogen-bond acceptors (Lipinski definition) is 4. The van der Waals surface area contributed by atoms with E-state index in [0.29, 0.717) is 13.0 Å². The highest BCUT2D eigenvalue weighted by Gasteiger charge is 2.33. The fraction of sp³-hybridized carbons (Fsp3) is 0.562. The molecule has 1 saturated heterocycles. The molecule has 1 N–H and O–H groups in total. The fourth-order valence-electron chi connectivity index (χ4n) is 2.73. The van der Waals surface area contributed by atoms with E-state index in [9.17, 15) is 14.3 Å². The molecule has 0 spiro atoms. The monoisotopic (exact) mass is 310 g/mol. The lowest BCUT2D eigenvalue weighted by atomic mass is 10.2. The molecule has 0 aromatic heterocycles. The molecule has 1 fully saturated rings. The Morgan fingerprint density at radius 2 is 2.32 bits per heavy atom. The van der Waals surface area contributed by atoms with Gasteiger partial charge in [-0.25, -0.2) is 4.39 Å². The van der Waals surface area contributed by atoms with Crippen molar-refractivity contribution < 1.29 is 19.0 Å². The summed E-state index contributed by atoms with van der Waals surface area (Å²) in [5.41, 5.74) is 0.971. The summed E-state index contributed by atoms with van der Waals surface area (Å²) in [5, 5.41) is 9.25. The van der Waals surface area contributed by atoms with Gasteiger partial charge >= 0.3 is 0 Å². The first-order valence-electron chi connectivity index (χ1n) is 7.39. The Labute approximate surface area is 130 Å². The van der Waals surface area contributed by atoms with E-state index >= 15 is 0 Å². The third kappa shape index (κ3) is 4.18. The third-order valence-corrected chi connectivity index (χ3v) is 4.01. The maximum Gasteiger partial charge on any atom is 0.236 e. The normalized spacial score (nSPS) is 21.8. The molecule has 1 aliphatic heterocycles. The summed E-state index contributed by atoms with van der Waals surface area (Å²) in [7, 11) is 3.32. The van der Waals surface area contributed by atoms with Crippen LogP contribution in [0.4, 0.5) is 4.39 Å². The van der Waals surface area contributed by atoms with E-state index < -0.39 is 6.17 Å². The number of benzene rings is 1. The summed E-state index contributed by atoms with van der Waals surface area (Å²) in [5.74, 6) is 0.661. The molecule has 0 saturated carbocycles. The van der Waals surface area contributed by atoms with Crippen molar-refractivity contribution in [3.8, 4) is 5.75 Å². The van der Waals surface area contributed by atoms with Crippen LogP contribution >= 0.6 is 0 Å². The summed E-state index contributed by atoms with van der Waals surface area (Å²) in [4.78, 5) is 15.6. The Kier molecular flexibility index (Phi) is 5.74. The zero-order valence-electron chi connectivity index (χ0n) is 13.0. The highest BCUT2D eigenvalue weighted by atomic mass is 19.1. The summed E-state index contributed by atoms with van der Waals surface area (Å²) in [6.45, 7) is 0.691. The van der Waals surface area contributed by atoms with Gasteiger partial charge < -0.3 is 14.7 Å². The number of alkyl halides is 1. The van der Waals surface area contributed by atoms with E-state index in [-0.39, 0.29) is 31.6 Å². The SMILES string of the molecule is COc1cccc(CN(C)C(=O)CN2C[C@@H](F)C[C@H]2CO)c1. The largest absolute Gasteiger partial charge is 0.497 e. The van der Waals surface area contributed by atoms with Gasteiger partial charge in [0.1, 0.15) is 11.9 Å². The quantitative estimate of drug-likeness (QED) is 0.853. The number of nitrogens with zero attached hydrogens (tertiary/aromatic N) is 2. The number of halogens is 1. The van der Waals surface area contributed by atoms with Gasteiger partial charge in [0.15, 0.2) is 0 Å². The van der Waals surface area contributed by atoms with Crippen molar-refractivity contribution in [1.29, 1.82) is 0 Å². The van der Waals surface area contributed by atoms with Crippen LogP contribution in [0.15, 0.2) is 24.3 Å². The third-order valence-electron chi connectivity index (χ3n) is 4.01. The lowest BCUT2D eigenvalue weighted by Crippen LogP contribution is -2.41. The van der Waals surface area contributed by atoms with E-state index in [1.165, 1.54) is 0 Å². The average Bonchev–Trinajstić information content (AvgIpc) is 2.87. The molecule has 0 unspecified atom stereocenters. The Hall–Kier alpha value is -1.66. The maximum atomic E-state index is 13.4. The number of likely N-dealkylation sites (tertiary alicyclic amines) is 1. The van der Waals surface area contributed by atoms with E-state index in [2.05, 4.69) is 0 Å². The van der Waals surface area contributed by atoms with Crippen LogP contribution in [-0.4, -0.2) is 66.9 Å². The van der Waals surface area contributed by atoms with Gasteiger partial charge in [0.25, 0.3) is 0 Å². The summed E-state index contributed by atoms with van der Waals surface area (Å²) >= 11 is 0. The Balaban J connectivity index is 1.91. The maximum absolute atomic E-state index is 13.4. The zero-order valence-corrected chi connectivity index (χ0v) is 13.0. The zero-order chi connectivity index (χ0) is 16.1. The molecular formula is C16H23FN2O3. The molecule has 122 valence electrons. The van der Waals surface area contributed by atoms with Crippen LogP contribution in [0.25, 0.3) is 0 Å². The van der Waals surface area contributed by atoms with Crippen molar-refractivity contribution in [1.82, 2.24) is 9.80 Å². The lowest BCUT2D eigenvalue weighted by molar-refractivity contribution is -0.132. The minimum absolute atomic E-state index is 0.0876. The summed E-state index contributed by atoms with van der Waals surface area (Å²) in [6.07, 6.45) is -0.669. The average molecular weight is 310 g/mol. The number of rotatable bonds is 6. The number of carbonyl (C=O) groups excluding carboxylic acids is 1. The van der Waals surface area contributed by atoms with E-state index in [1.54, 1.807) is 24.0 Å². The standard InChI is InChI=1S/C16H23FN2O3/c1-18(8-12-4-3-5-15(6-12)22-2)16(21)10-19-9-13(17)7-14(19)11-20/h3-6,13-14,20H,7-11H2,1-2H3/t13-,14-/m0/s1. The second-order valence-electron chi connectivity index (χ2n) is 5.70. The van der Waals surface area contributed by atoms with Gasteiger partial charge in [-0.15, -0.1) is 0 Å². The van der Waals surface area contributed by atoms with Gasteiger partial charge in [-0.2, -0.15) is 0 Å². The van der Waals surface area contributed by atoms with Crippen LogP contribution in [0.5, 0.6) is 5.75 Å². The van der Waals surface area contributed by atoms with Gasteiger partial charge in [0.2, 0.25) is 5.91 Å². The van der Waals surface area contributed by atoms with Gasteiger partial charge in [-0.1, -0.05) is 12.1 Å². The first-order chi connectivity index (χ1) is 10.5. The van der Waals surface area contributed by atoms with Crippen LogP contribution < -0.4 is 4.74 Å². The smallest absolute Gasteiger partial charge is 0.236 e. The number of hydrogen-bond donors (Lipinski definition) is 1. The molecule has 0 radical (unpaired) electrons. The van der Waals surface area contributed by atoms with Crippen molar-refractivity contribution in [2.24, 2.45) is 0 Å². The Morgan fingerprint density at radius 1 is 1.55 bits per heavy atom. The molecule has 1 aromatic rings. The van der Waals surface area contributed by atoms with Gasteiger partial charge in [0, 0.05) is 26.2 Å². The number of aliphatic hydroxyl groups is 1. The Morgan fingerprint density at radius 3 is 3.00 bits per heavy atom. The number of aliphatic hydroxyl groups excluding tert-OH is 1. The van der Waals surface area contributed by atoms with Gasteiger partial charge in [-0.05, 0) is 24.1 Å². The number of carbonyl (C=O) groups is 1. The van der Waals surface area contributed by atoms with Crippen LogP contribution in [0.1, 0.15) is 12.0 Å². The molecule has 1 heterocycles. The number of ether oxygens (including phenoxy) is 1. The van der Waals surface area contributed by atoms with Gasteiger partial charge in [-0.3, -0.25) is 9.69 Å². The van der Waals surface area contributed by atoms with Crippen molar-refractivity contribution >= 4 is 5.91 Å². The lowest BCUT2D eigenvalue weighted by Gasteiger charge is -2.25. The molecule has 6 heteroatoms. The second-order valence-corrected chi connectivity index (χ2v) is 5.70. The number of methoxy groups -OCH3 is 1. The van der Waals surface area contributed by atoms with Crippen molar-refractivity contribution in [2.45, 2.75) is 25.2 Å². The molecule has 1 amide bonds. The first-order valence-corrected chi connectivity index (χ1v) is 7.39. The van der Waals surface area contributed by atoms with E-state index in [0.717, 1.165) is 11.3 Å². The van der Waals surface area contributed by atoms with Gasteiger partial charge in [0.05, 0.1) is 20.3 Å². The van der Waals surface area contributed by atoms with Crippen molar-refractivity contribution in [2.75, 3.05) is 33.9 Å². The predicted octanol–water partition coefficient (Wildman–Crippen LogP) is 1.06.